The molecule has 86 valence electrons. The fraction of sp³-hybridized carbons (Fsp3) is 0.750. The molecular formula is C12H23N3. The van der Waals surface area contributed by atoms with Gasteiger partial charge in [-0.15, -0.1) is 0 Å². The van der Waals surface area contributed by atoms with E-state index in [1.807, 2.05) is 12.4 Å². The summed E-state index contributed by atoms with van der Waals surface area (Å²) in [5.74, 6) is 2.40. The van der Waals surface area contributed by atoms with E-state index in [2.05, 4.69) is 42.6 Å². The molecule has 0 amide bonds. The molecule has 0 radical (unpaired) electrons. The molecule has 0 aromatic carbocycles. The molecule has 1 aromatic rings. The lowest BCUT2D eigenvalue weighted by atomic mass is 9.98. The molecule has 0 fully saturated rings. The van der Waals surface area contributed by atoms with E-state index in [1.54, 1.807) is 0 Å². The third kappa shape index (κ3) is 3.57. The molecule has 0 aliphatic heterocycles. The smallest absolute Gasteiger partial charge is 0.202 e. The Morgan fingerprint density at radius 1 is 1.40 bits per heavy atom. The van der Waals surface area contributed by atoms with Crippen molar-refractivity contribution in [3.63, 3.8) is 0 Å². The fourth-order valence-corrected chi connectivity index (χ4v) is 1.39. The van der Waals surface area contributed by atoms with E-state index in [9.17, 15) is 0 Å². The maximum Gasteiger partial charge on any atom is 0.202 e. The van der Waals surface area contributed by atoms with E-state index in [0.717, 1.165) is 25.5 Å². The van der Waals surface area contributed by atoms with Gasteiger partial charge in [0, 0.05) is 25.5 Å². The molecule has 0 saturated carbocycles. The number of imidazole rings is 1. The van der Waals surface area contributed by atoms with E-state index in [4.69, 9.17) is 0 Å². The average Bonchev–Trinajstić information content (AvgIpc) is 2.62. The maximum absolute atomic E-state index is 4.32. The molecule has 1 N–H and O–H groups in total. The summed E-state index contributed by atoms with van der Waals surface area (Å²) in [6.45, 7) is 11.0. The molecule has 0 bridgehead atoms. The third-order valence-electron chi connectivity index (χ3n) is 2.90. The van der Waals surface area contributed by atoms with Crippen molar-refractivity contribution in [2.24, 2.45) is 11.8 Å². The Hall–Kier alpha value is -0.990. The number of aromatic nitrogens is 2. The van der Waals surface area contributed by atoms with Gasteiger partial charge in [0.2, 0.25) is 5.95 Å². The molecule has 3 heteroatoms. The number of nitrogens with one attached hydrogen (secondary N) is 1. The second-order valence-corrected chi connectivity index (χ2v) is 4.55. The van der Waals surface area contributed by atoms with Crippen molar-refractivity contribution < 1.29 is 0 Å². The van der Waals surface area contributed by atoms with E-state index in [1.165, 1.54) is 0 Å². The molecule has 3 nitrogen and oxygen atoms in total. The van der Waals surface area contributed by atoms with Crippen molar-refractivity contribution in [1.29, 1.82) is 0 Å². The molecule has 15 heavy (non-hydrogen) atoms. The molecule has 1 rings (SSSR count). The number of nitrogens with zero attached hydrogens (tertiary/aromatic N) is 2. The minimum atomic E-state index is 0.678. The summed E-state index contributed by atoms with van der Waals surface area (Å²) >= 11 is 0. The van der Waals surface area contributed by atoms with Crippen LogP contribution in [0.25, 0.3) is 0 Å². The molecule has 1 aromatic heterocycles. The Bertz CT molecular complexity index is 278. The SMILES string of the molecule is CCCn1ccnc1NCC(C)C(C)C. The Balaban J connectivity index is 2.46. The van der Waals surface area contributed by atoms with E-state index in [-0.39, 0.29) is 0 Å². The van der Waals surface area contributed by atoms with Crippen LogP contribution in [-0.4, -0.2) is 16.1 Å². The van der Waals surface area contributed by atoms with Crippen molar-refractivity contribution >= 4 is 5.95 Å². The first-order valence-corrected chi connectivity index (χ1v) is 5.90. The van der Waals surface area contributed by atoms with Gasteiger partial charge in [-0.3, -0.25) is 0 Å². The lowest BCUT2D eigenvalue weighted by molar-refractivity contribution is 0.438. The first-order chi connectivity index (χ1) is 7.15. The van der Waals surface area contributed by atoms with Crippen LogP contribution in [0.2, 0.25) is 0 Å². The van der Waals surface area contributed by atoms with Crippen LogP contribution >= 0.6 is 0 Å². The normalized spacial score (nSPS) is 13.1. The number of hydrogen-bond acceptors (Lipinski definition) is 2. The summed E-state index contributed by atoms with van der Waals surface area (Å²) in [5, 5.41) is 3.41. The Labute approximate surface area is 92.9 Å². The van der Waals surface area contributed by atoms with Crippen molar-refractivity contribution in [1.82, 2.24) is 9.55 Å². The van der Waals surface area contributed by atoms with E-state index >= 15 is 0 Å². The maximum atomic E-state index is 4.32. The van der Waals surface area contributed by atoms with Crippen LogP contribution in [0, 0.1) is 11.8 Å². The van der Waals surface area contributed by atoms with Crippen molar-refractivity contribution in [3.05, 3.63) is 12.4 Å². The van der Waals surface area contributed by atoms with Gasteiger partial charge in [-0.2, -0.15) is 0 Å². The number of aryl methyl sites for hydroxylation is 1. The second-order valence-electron chi connectivity index (χ2n) is 4.55. The van der Waals surface area contributed by atoms with Crippen LogP contribution in [0.4, 0.5) is 5.95 Å². The van der Waals surface area contributed by atoms with Crippen LogP contribution in [0.5, 0.6) is 0 Å². The van der Waals surface area contributed by atoms with Crippen LogP contribution < -0.4 is 5.32 Å². The second kappa shape index (κ2) is 5.79. The predicted octanol–water partition coefficient (Wildman–Crippen LogP) is 3.00. The van der Waals surface area contributed by atoms with Crippen LogP contribution in [0.15, 0.2) is 12.4 Å². The molecule has 1 atom stereocenters. The number of anilines is 1. The summed E-state index contributed by atoms with van der Waals surface area (Å²) in [6.07, 6.45) is 5.04. The van der Waals surface area contributed by atoms with Gasteiger partial charge in [0.15, 0.2) is 0 Å². The third-order valence-corrected chi connectivity index (χ3v) is 2.90. The lowest BCUT2D eigenvalue weighted by Crippen LogP contribution is -2.18. The number of hydrogen-bond donors (Lipinski definition) is 1. The Morgan fingerprint density at radius 2 is 2.13 bits per heavy atom. The summed E-state index contributed by atoms with van der Waals surface area (Å²) < 4.78 is 2.17. The number of rotatable bonds is 6. The van der Waals surface area contributed by atoms with Crippen molar-refractivity contribution in [2.45, 2.75) is 40.7 Å². The van der Waals surface area contributed by atoms with Gasteiger partial charge in [-0.05, 0) is 18.3 Å². The lowest BCUT2D eigenvalue weighted by Gasteiger charge is -2.17. The average molecular weight is 209 g/mol. The topological polar surface area (TPSA) is 29.9 Å². The zero-order valence-electron chi connectivity index (χ0n) is 10.3. The first-order valence-electron chi connectivity index (χ1n) is 5.90. The van der Waals surface area contributed by atoms with Gasteiger partial charge in [0.25, 0.3) is 0 Å². The Kier molecular flexibility index (Phi) is 4.66. The van der Waals surface area contributed by atoms with Crippen LogP contribution in [0.1, 0.15) is 34.1 Å². The molecular weight excluding hydrogens is 186 g/mol. The monoisotopic (exact) mass is 209 g/mol. The minimum Gasteiger partial charge on any atom is -0.355 e. The highest BCUT2D eigenvalue weighted by Crippen LogP contribution is 2.11. The highest BCUT2D eigenvalue weighted by molar-refractivity contribution is 5.25. The fourth-order valence-electron chi connectivity index (χ4n) is 1.39. The summed E-state index contributed by atoms with van der Waals surface area (Å²) in [7, 11) is 0. The molecule has 1 unspecified atom stereocenters. The van der Waals surface area contributed by atoms with Crippen LogP contribution in [0.3, 0.4) is 0 Å². The molecule has 0 saturated heterocycles. The summed E-state index contributed by atoms with van der Waals surface area (Å²) in [5.41, 5.74) is 0. The molecule has 0 aliphatic rings. The van der Waals surface area contributed by atoms with Crippen molar-refractivity contribution in [2.75, 3.05) is 11.9 Å². The molecule has 0 aliphatic carbocycles. The zero-order chi connectivity index (χ0) is 11.3. The van der Waals surface area contributed by atoms with Gasteiger partial charge in [0.05, 0.1) is 0 Å². The quantitative estimate of drug-likeness (QED) is 0.780. The predicted molar refractivity (Wildman–Crippen MR) is 65.0 cm³/mol. The van der Waals surface area contributed by atoms with E-state index in [0.29, 0.717) is 11.8 Å². The summed E-state index contributed by atoms with van der Waals surface area (Å²) in [6, 6.07) is 0. The van der Waals surface area contributed by atoms with E-state index < -0.39 is 0 Å². The van der Waals surface area contributed by atoms with Gasteiger partial charge in [0.1, 0.15) is 0 Å². The van der Waals surface area contributed by atoms with Crippen LogP contribution in [-0.2, 0) is 6.54 Å². The molecule has 1 heterocycles. The highest BCUT2D eigenvalue weighted by Gasteiger charge is 2.08. The Morgan fingerprint density at radius 3 is 2.73 bits per heavy atom. The van der Waals surface area contributed by atoms with Gasteiger partial charge in [-0.25, -0.2) is 4.98 Å². The first kappa shape index (κ1) is 12.1. The van der Waals surface area contributed by atoms with Gasteiger partial charge < -0.3 is 9.88 Å². The minimum absolute atomic E-state index is 0.678. The standard InChI is InChI=1S/C12H23N3/c1-5-7-15-8-6-13-12(15)14-9-11(4)10(2)3/h6,8,10-11H,5,7,9H2,1-4H3,(H,13,14). The highest BCUT2D eigenvalue weighted by atomic mass is 15.2. The zero-order valence-corrected chi connectivity index (χ0v) is 10.3. The summed E-state index contributed by atoms with van der Waals surface area (Å²) in [4.78, 5) is 4.32. The largest absolute Gasteiger partial charge is 0.355 e. The van der Waals surface area contributed by atoms with Gasteiger partial charge >= 0.3 is 0 Å². The van der Waals surface area contributed by atoms with Gasteiger partial charge in [-0.1, -0.05) is 27.7 Å². The molecule has 0 spiro atoms. The van der Waals surface area contributed by atoms with Crippen molar-refractivity contribution in [3.8, 4) is 0 Å².